The van der Waals surface area contributed by atoms with E-state index in [1.807, 2.05) is 0 Å². The monoisotopic (exact) mass is 1460 g/mol. The zero-order chi connectivity index (χ0) is 77.1. The number of H-pyrrole nitrogens is 1. The Kier molecular flexibility index (Phi) is 39.6. The van der Waals surface area contributed by atoms with E-state index in [4.69, 9.17) is 28.7 Å². The number of benzene rings is 1. The first-order valence-electron chi connectivity index (χ1n) is 33.5. The second-order valence-corrected chi connectivity index (χ2v) is 25.9. The molecule has 37 nitrogen and oxygen atoms in total. The molecule has 1 aromatic carbocycles. The van der Waals surface area contributed by atoms with Crippen LogP contribution in [0.4, 0.5) is 0 Å². The topological polar surface area (TPSA) is 620 Å². The van der Waals surface area contributed by atoms with Gasteiger partial charge in [0.1, 0.15) is 72.5 Å². The molecule has 0 saturated heterocycles. The third-order valence-corrected chi connectivity index (χ3v) is 16.3. The van der Waals surface area contributed by atoms with Gasteiger partial charge in [0.05, 0.1) is 37.2 Å². The number of unbranched alkanes of at least 4 members (excludes halogenated alkanes) is 2. The fourth-order valence-corrected chi connectivity index (χ4v) is 10.2. The third kappa shape index (κ3) is 31.3. The van der Waals surface area contributed by atoms with Gasteiger partial charge in [-0.05, 0) is 88.8 Å². The molecule has 2 aromatic rings. The van der Waals surface area contributed by atoms with E-state index < -0.39 is 223 Å². The number of carbonyl (C=O) groups is 15. The van der Waals surface area contributed by atoms with E-state index in [1.54, 1.807) is 30.3 Å². The molecule has 1 heterocycles. The molecular formula is C64H105N19O18S. The average Bonchev–Trinajstić information content (AvgIpc) is 0.939. The number of amides is 14. The number of hydrogen-bond acceptors (Lipinski definition) is 22. The fourth-order valence-electron chi connectivity index (χ4n) is 9.93. The lowest BCUT2D eigenvalue weighted by molar-refractivity contribution is -0.143. The third-order valence-electron chi connectivity index (χ3n) is 15.9. The Bertz CT molecular complexity index is 3130. The van der Waals surface area contributed by atoms with Crippen molar-refractivity contribution < 1.29 is 87.2 Å². The van der Waals surface area contributed by atoms with Crippen LogP contribution in [-0.4, -0.2) is 224 Å². The lowest BCUT2D eigenvalue weighted by atomic mass is 9.98. The molecule has 14 amide bonds. The first kappa shape index (κ1) is 88.7. The van der Waals surface area contributed by atoms with Crippen LogP contribution in [0, 0.1) is 17.8 Å². The summed E-state index contributed by atoms with van der Waals surface area (Å²) in [5.41, 5.74) is 29.3. The summed E-state index contributed by atoms with van der Waals surface area (Å²) in [5.74, 6) is -18.0. The van der Waals surface area contributed by atoms with Crippen molar-refractivity contribution in [2.75, 3.05) is 25.4 Å². The molecule has 38 heteroatoms. The number of aliphatic hydroxyl groups is 2. The number of rotatable bonds is 48. The number of primary amides is 2. The number of imidazole rings is 1. The number of nitrogens with zero attached hydrogens (tertiary/aromatic N) is 1. The van der Waals surface area contributed by atoms with E-state index in [-0.39, 0.29) is 38.6 Å². The van der Waals surface area contributed by atoms with Crippen molar-refractivity contribution in [2.45, 2.75) is 211 Å². The molecule has 0 radical (unpaired) electrons. The van der Waals surface area contributed by atoms with Gasteiger partial charge < -0.3 is 113 Å². The summed E-state index contributed by atoms with van der Waals surface area (Å²) < 4.78 is 0. The number of carbonyl (C=O) groups excluding carboxylic acids is 14. The highest BCUT2D eigenvalue weighted by Crippen LogP contribution is 2.14. The summed E-state index contributed by atoms with van der Waals surface area (Å²) in [7, 11) is 0. The lowest BCUT2D eigenvalue weighted by Gasteiger charge is -2.30. The second-order valence-electron chi connectivity index (χ2n) is 25.6. The molecule has 102 heavy (non-hydrogen) atoms. The molecule has 0 saturated carbocycles. The maximum Gasteiger partial charge on any atom is 0.326 e. The Morgan fingerprint density at radius 2 is 0.892 bits per heavy atom. The summed E-state index contributed by atoms with van der Waals surface area (Å²) >= 11 is 4.24. The van der Waals surface area contributed by atoms with E-state index in [9.17, 15) is 87.2 Å². The van der Waals surface area contributed by atoms with Gasteiger partial charge in [-0.1, -0.05) is 78.3 Å². The van der Waals surface area contributed by atoms with Gasteiger partial charge in [-0.25, -0.2) is 9.78 Å². The van der Waals surface area contributed by atoms with Gasteiger partial charge in [0.15, 0.2) is 0 Å². The van der Waals surface area contributed by atoms with Gasteiger partial charge in [0.2, 0.25) is 82.7 Å². The molecule has 26 N–H and O–H groups in total. The van der Waals surface area contributed by atoms with Gasteiger partial charge in [-0.2, -0.15) is 12.6 Å². The van der Waals surface area contributed by atoms with Crippen LogP contribution in [0.15, 0.2) is 42.9 Å². The molecule has 0 fully saturated rings. The number of thiol groups is 1. The number of nitrogens with two attached hydrogens (primary N) is 5. The van der Waals surface area contributed by atoms with Crippen LogP contribution in [-0.2, 0) is 84.8 Å². The van der Waals surface area contributed by atoms with Gasteiger partial charge in [-0.15, -0.1) is 0 Å². The quantitative estimate of drug-likeness (QED) is 0.0216. The van der Waals surface area contributed by atoms with E-state index >= 15 is 0 Å². The Morgan fingerprint density at radius 3 is 1.37 bits per heavy atom. The Labute approximate surface area is 596 Å². The van der Waals surface area contributed by atoms with Gasteiger partial charge in [0, 0.05) is 31.2 Å². The SMILES string of the molecule is CC(C)[C@H](NC(=O)[C@H](CC(N)=O)NC(=O)[C@H](CO)NC(=O)[C@H](C)NC(=O)[C@H](Cc1ccccc1)NC(=O)[C@@H](N)CCCCN)C(=O)N[C@H](C(=O)N[C@@H](CCC(N)=O)C(=O)N[C@@H](CCCCN)C(=O)N[C@@H](CS)C(=O)N[C@H](C(=O)N[C@H](C(=O)N[C@@H](Cc1c[nH]cn1)C(=O)O)[C@@H](C)O)C(C)C)C(C)C. The Morgan fingerprint density at radius 1 is 0.471 bits per heavy atom. The minimum atomic E-state index is -1.86. The van der Waals surface area contributed by atoms with Crippen LogP contribution in [0.1, 0.15) is 124 Å². The zero-order valence-electron chi connectivity index (χ0n) is 58.7. The molecule has 0 aliphatic carbocycles. The molecule has 14 atom stereocenters. The number of nitrogens with one attached hydrogen (secondary N) is 13. The van der Waals surface area contributed by atoms with Crippen LogP contribution in [0.25, 0.3) is 0 Å². The standard InChI is InChI=1S/C64H105N19O18S/c1-31(2)48(82-61(97)49(32(3)4)80-57(93)42(26-47(69)87)76-58(94)44(28-84)78-52(88)34(7)72-56(92)41(24-36-16-10-9-11-17-36)75-53(89)38(67)18-12-14-22-65)60(96)74-40(20-21-46(68)86)55(91)73-39(19-13-15-23-66)54(90)79-45(29-102)59(95)81-50(33(5)6)62(98)83-51(35(8)85)63(99)77-43(64(100)101)25-37-27-70-30-71-37/h9-11,16-17,27,30-35,38-45,48-51,84-85,102H,12-15,18-26,28-29,65-67H2,1-8H3,(H2,68,86)(H2,69,87)(H,70,71)(H,72,92)(H,73,91)(H,74,96)(H,75,89)(H,76,94)(H,77,99)(H,78,88)(H,79,90)(H,80,93)(H,81,95)(H,82,97)(H,83,98)(H,100,101)/t34-,35+,38-,39-,40-,41-,42-,43-,44-,45-,48-,49-,50-,51-/m0/s1. The Balaban J connectivity index is 2.31. The normalized spacial score (nSPS) is 15.4. The Hall–Kier alpha value is -9.37. The summed E-state index contributed by atoms with van der Waals surface area (Å²) in [6.45, 7) is 11.0. The molecule has 0 spiro atoms. The highest BCUT2D eigenvalue weighted by atomic mass is 32.1. The maximum atomic E-state index is 14.3. The maximum absolute atomic E-state index is 14.3. The van der Waals surface area contributed by atoms with Crippen molar-refractivity contribution in [1.29, 1.82) is 0 Å². The van der Waals surface area contributed by atoms with E-state index in [2.05, 4.69) is 86.4 Å². The van der Waals surface area contributed by atoms with E-state index in [0.717, 1.165) is 0 Å². The summed E-state index contributed by atoms with van der Waals surface area (Å²) in [6.07, 6.45) is 0.940. The number of aliphatic hydroxyl groups excluding tert-OH is 2. The average molecular weight is 1460 g/mol. The van der Waals surface area contributed by atoms with E-state index in [1.165, 1.54) is 67.9 Å². The number of aromatic nitrogens is 2. The van der Waals surface area contributed by atoms with Crippen LogP contribution in [0.5, 0.6) is 0 Å². The first-order chi connectivity index (χ1) is 48.0. The van der Waals surface area contributed by atoms with E-state index in [0.29, 0.717) is 37.1 Å². The molecule has 0 unspecified atom stereocenters. The van der Waals surface area contributed by atoms with Crippen molar-refractivity contribution in [3.63, 3.8) is 0 Å². The predicted molar refractivity (Wildman–Crippen MR) is 372 cm³/mol. The molecule has 0 aliphatic heterocycles. The molecule has 2 rings (SSSR count). The van der Waals surface area contributed by atoms with Gasteiger partial charge in [-0.3, -0.25) is 67.1 Å². The largest absolute Gasteiger partial charge is 0.480 e. The van der Waals surface area contributed by atoms with Crippen molar-refractivity contribution in [3.05, 3.63) is 54.1 Å². The second kappa shape index (κ2) is 45.5. The van der Waals surface area contributed by atoms with Crippen molar-refractivity contribution in [1.82, 2.24) is 73.8 Å². The number of aliphatic carboxylic acids is 1. The summed E-state index contributed by atoms with van der Waals surface area (Å²) in [5, 5.41) is 59.8. The number of aromatic amines is 1. The highest BCUT2D eigenvalue weighted by molar-refractivity contribution is 7.80. The predicted octanol–water partition coefficient (Wildman–Crippen LogP) is -6.89. The zero-order valence-corrected chi connectivity index (χ0v) is 59.6. The number of carboxylic acids is 1. The molecule has 0 aliphatic rings. The molecule has 1 aromatic heterocycles. The molecule has 0 bridgehead atoms. The van der Waals surface area contributed by atoms with Crippen LogP contribution in [0.2, 0.25) is 0 Å². The van der Waals surface area contributed by atoms with Gasteiger partial charge >= 0.3 is 5.97 Å². The number of hydrogen-bond donors (Lipinski definition) is 22. The summed E-state index contributed by atoms with van der Waals surface area (Å²) in [4.78, 5) is 209. The number of carboxylic acid groups (broad SMARTS) is 1. The lowest BCUT2D eigenvalue weighted by Crippen LogP contribution is -2.62. The van der Waals surface area contributed by atoms with Crippen molar-refractivity contribution in [2.24, 2.45) is 46.4 Å². The van der Waals surface area contributed by atoms with Crippen molar-refractivity contribution >= 4 is 101 Å². The van der Waals surface area contributed by atoms with Crippen LogP contribution in [0.3, 0.4) is 0 Å². The highest BCUT2D eigenvalue weighted by Gasteiger charge is 2.39. The summed E-state index contributed by atoms with van der Waals surface area (Å²) in [6, 6.07) is -11.1. The fraction of sp³-hybridized carbons (Fsp3) is 0.625. The first-order valence-corrected chi connectivity index (χ1v) is 34.1. The minimum absolute atomic E-state index is 0.00914. The smallest absolute Gasteiger partial charge is 0.326 e. The van der Waals surface area contributed by atoms with Crippen molar-refractivity contribution in [3.8, 4) is 0 Å². The molecular weight excluding hydrogens is 1350 g/mol. The molecule has 570 valence electrons. The van der Waals surface area contributed by atoms with Crippen LogP contribution >= 0.6 is 12.6 Å². The van der Waals surface area contributed by atoms with Crippen LogP contribution < -0.4 is 92.5 Å². The van der Waals surface area contributed by atoms with Gasteiger partial charge in [0.25, 0.3) is 0 Å². The minimum Gasteiger partial charge on any atom is -0.480 e.